The summed E-state index contributed by atoms with van der Waals surface area (Å²) >= 11 is 0. The van der Waals surface area contributed by atoms with Gasteiger partial charge in [0.15, 0.2) is 0 Å². The molecule has 460 valence electrons. The van der Waals surface area contributed by atoms with Crippen LogP contribution in [-0.2, 0) is 29.2 Å². The Morgan fingerprint density at radius 1 is 0.234 bits per heavy atom. The van der Waals surface area contributed by atoms with E-state index < -0.39 is 20.8 Å². The first-order valence-corrected chi connectivity index (χ1v) is 36.9. The normalized spacial score (nSPS) is 12.6. The molecule has 2 unspecified atom stereocenters. The molecule has 0 saturated heterocycles. The molecule has 0 aliphatic heterocycles. The van der Waals surface area contributed by atoms with Crippen molar-refractivity contribution in [2.45, 2.75) is 400 Å². The van der Waals surface area contributed by atoms with Crippen molar-refractivity contribution in [2.75, 3.05) is 13.2 Å². The summed E-state index contributed by atoms with van der Waals surface area (Å²) in [6.45, 7) is 9.23. The molecule has 0 heterocycles. The molecule has 0 aromatic heterocycles. The fourth-order valence-electron chi connectivity index (χ4n) is 11.1. The van der Waals surface area contributed by atoms with Gasteiger partial charge in [0.25, 0.3) is 0 Å². The fraction of sp³-hybridized carbons (Fsp3) is 1.00. The van der Waals surface area contributed by atoms with Crippen LogP contribution >= 0.6 is 0 Å². The van der Waals surface area contributed by atoms with E-state index in [9.17, 15) is 25.9 Å². The summed E-state index contributed by atoms with van der Waals surface area (Å²) in [6, 6.07) is 0. The Kier molecular flexibility index (Phi) is 72.4. The van der Waals surface area contributed by atoms with Crippen molar-refractivity contribution in [2.24, 2.45) is 11.8 Å². The third kappa shape index (κ3) is 77.0. The van der Waals surface area contributed by atoms with E-state index in [0.29, 0.717) is 0 Å². The third-order valence-electron chi connectivity index (χ3n) is 16.3. The predicted molar refractivity (Wildman–Crippen MR) is 335 cm³/mol. The van der Waals surface area contributed by atoms with Gasteiger partial charge >= 0.3 is 37.7 Å². The minimum Gasteiger partial charge on any atom is -0.726 e. The van der Waals surface area contributed by atoms with E-state index in [1.807, 2.05) is 0 Å². The van der Waals surface area contributed by atoms with Crippen LogP contribution in [0.15, 0.2) is 0 Å². The summed E-state index contributed by atoms with van der Waals surface area (Å²) < 4.78 is 75.0. The van der Waals surface area contributed by atoms with Crippen LogP contribution in [0.3, 0.4) is 0 Å². The molecule has 77 heavy (non-hydrogen) atoms. The van der Waals surface area contributed by atoms with Crippen molar-refractivity contribution in [3.05, 3.63) is 0 Å². The van der Waals surface area contributed by atoms with Crippen LogP contribution in [0, 0.1) is 11.8 Å². The zero-order valence-corrected chi connectivity index (χ0v) is 56.2. The van der Waals surface area contributed by atoms with Crippen LogP contribution in [0.25, 0.3) is 0 Å². The Labute approximate surface area is 513 Å². The summed E-state index contributed by atoms with van der Waals surface area (Å²) in [7, 11) is -9.17. The van der Waals surface area contributed by atoms with Crippen molar-refractivity contribution >= 4 is 58.5 Å². The van der Waals surface area contributed by atoms with Gasteiger partial charge in [-0.05, 0) is 37.5 Å². The molecule has 0 saturated carbocycles. The van der Waals surface area contributed by atoms with Crippen molar-refractivity contribution in [1.29, 1.82) is 0 Å². The van der Waals surface area contributed by atoms with E-state index in [0.717, 1.165) is 51.4 Å². The Balaban J connectivity index is -0.00000140. The number of unbranched alkanes of at least 4 members (excludes halogenated alkanes) is 50. The smallest absolute Gasteiger partial charge is 0.726 e. The molecule has 0 amide bonds. The molecule has 8 nitrogen and oxygen atoms in total. The average Bonchev–Trinajstić information content (AvgIpc) is 3.39. The quantitative estimate of drug-likeness (QED) is 0.0254. The molecule has 0 bridgehead atoms. The van der Waals surface area contributed by atoms with Gasteiger partial charge in [-0.3, -0.25) is 8.37 Å². The summed E-state index contributed by atoms with van der Waals surface area (Å²) in [5, 5.41) is 0. The first kappa shape index (κ1) is 82.2. The minimum absolute atomic E-state index is 0. The SMILES string of the molecule is CCCCCCCCCCCCCCCCCC(CCCCCCCCCCCCCC)COS(=O)(=O)[O-].CCCCCCCCCCCCCCCCCC(CCCCCCCCCCCCCC)COS(=O)(=O)[O-].[Ca+2]. The second kappa shape index (κ2) is 67.8. The van der Waals surface area contributed by atoms with E-state index in [2.05, 4.69) is 36.1 Å². The van der Waals surface area contributed by atoms with E-state index in [-0.39, 0.29) is 62.8 Å². The fourth-order valence-corrected chi connectivity index (χ4v) is 11.9. The van der Waals surface area contributed by atoms with Gasteiger partial charge in [0.2, 0.25) is 20.8 Å². The van der Waals surface area contributed by atoms with Crippen LogP contribution in [0.4, 0.5) is 0 Å². The van der Waals surface area contributed by atoms with Crippen molar-refractivity contribution in [1.82, 2.24) is 0 Å². The Morgan fingerprint density at radius 2 is 0.351 bits per heavy atom. The molecule has 0 radical (unpaired) electrons. The maximum absolute atomic E-state index is 10.9. The van der Waals surface area contributed by atoms with Crippen LogP contribution in [0.1, 0.15) is 400 Å². The first-order valence-electron chi connectivity index (χ1n) is 34.2. The van der Waals surface area contributed by atoms with Gasteiger partial charge in [-0.1, -0.05) is 374 Å². The van der Waals surface area contributed by atoms with Crippen LogP contribution in [0.2, 0.25) is 0 Å². The minimum atomic E-state index is -4.58. The molecule has 2 atom stereocenters. The topological polar surface area (TPSA) is 133 Å². The number of hydrogen-bond acceptors (Lipinski definition) is 8. The molecule has 0 aliphatic rings. The Morgan fingerprint density at radius 3 is 0.468 bits per heavy atom. The number of hydrogen-bond donors (Lipinski definition) is 0. The molecule has 0 N–H and O–H groups in total. The van der Waals surface area contributed by atoms with Crippen molar-refractivity contribution in [3.63, 3.8) is 0 Å². The van der Waals surface area contributed by atoms with Gasteiger partial charge in [0.05, 0.1) is 13.2 Å². The molecular formula is C66H134CaO8S2. The second-order valence-electron chi connectivity index (χ2n) is 23.9. The molecule has 0 aromatic rings. The van der Waals surface area contributed by atoms with Crippen LogP contribution < -0.4 is 0 Å². The molecule has 0 aliphatic carbocycles. The molecule has 0 aromatic carbocycles. The van der Waals surface area contributed by atoms with Gasteiger partial charge < -0.3 is 9.11 Å². The maximum atomic E-state index is 10.9. The summed E-state index contributed by atoms with van der Waals surface area (Å²) in [4.78, 5) is 0. The predicted octanol–water partition coefficient (Wildman–Crippen LogP) is 22.5. The van der Waals surface area contributed by atoms with E-state index in [4.69, 9.17) is 0 Å². The Hall–Kier alpha value is 1.000. The van der Waals surface area contributed by atoms with Crippen molar-refractivity contribution < 1.29 is 34.3 Å². The maximum Gasteiger partial charge on any atom is 2.00 e. The second-order valence-corrected chi connectivity index (χ2v) is 26.1. The molecule has 0 fully saturated rings. The summed E-state index contributed by atoms with van der Waals surface area (Å²) in [6.07, 6.45) is 76.1. The standard InChI is InChI=1S/2C33H68O4S.Ca/c2*1-3-5-7-9-11-13-15-17-18-19-21-23-25-27-29-31-33(32-37-38(34,35)36)30-28-26-24-22-20-16-14-12-10-8-6-4-2;/h2*33H,3-32H2,1-2H3,(H,34,35,36);/q;;+2/p-2. The summed E-state index contributed by atoms with van der Waals surface area (Å²) in [5.41, 5.74) is 0. The first-order chi connectivity index (χ1) is 37.0. The van der Waals surface area contributed by atoms with Crippen LogP contribution in [-0.4, -0.2) is 76.9 Å². The zero-order valence-electron chi connectivity index (χ0n) is 52.4. The number of rotatable bonds is 64. The Bertz CT molecular complexity index is 1200. The van der Waals surface area contributed by atoms with E-state index >= 15 is 0 Å². The van der Waals surface area contributed by atoms with Gasteiger partial charge in [-0.25, -0.2) is 16.8 Å². The molecular weight excluding hydrogens is 1020 g/mol. The average molecular weight is 1160 g/mol. The van der Waals surface area contributed by atoms with E-state index in [1.54, 1.807) is 0 Å². The largest absolute Gasteiger partial charge is 2.00 e. The van der Waals surface area contributed by atoms with Gasteiger partial charge in [-0.2, -0.15) is 0 Å². The van der Waals surface area contributed by atoms with Gasteiger partial charge in [0.1, 0.15) is 0 Å². The van der Waals surface area contributed by atoms with E-state index in [1.165, 1.54) is 321 Å². The van der Waals surface area contributed by atoms with Gasteiger partial charge in [-0.15, -0.1) is 0 Å². The van der Waals surface area contributed by atoms with Gasteiger partial charge in [0, 0.05) is 0 Å². The molecule has 0 spiro atoms. The van der Waals surface area contributed by atoms with Crippen molar-refractivity contribution in [3.8, 4) is 0 Å². The monoisotopic (exact) mass is 1160 g/mol. The summed E-state index contributed by atoms with van der Waals surface area (Å²) in [5.74, 6) is 0.396. The molecule has 0 rings (SSSR count). The molecule has 11 heteroatoms. The van der Waals surface area contributed by atoms with Crippen LogP contribution in [0.5, 0.6) is 0 Å². The zero-order chi connectivity index (χ0) is 56.0. The third-order valence-corrected chi connectivity index (χ3v) is 17.1.